The third-order valence-electron chi connectivity index (χ3n) is 5.80. The second kappa shape index (κ2) is 7.14. The molecular formula is C22H18N2O4S2. The van der Waals surface area contributed by atoms with Gasteiger partial charge in [-0.2, -0.15) is 0 Å². The third kappa shape index (κ3) is 2.90. The number of aromatic hydroxyl groups is 1. The van der Waals surface area contributed by atoms with Crippen LogP contribution in [0.25, 0.3) is 0 Å². The van der Waals surface area contributed by atoms with Crippen molar-refractivity contribution in [2.75, 3.05) is 5.75 Å². The summed E-state index contributed by atoms with van der Waals surface area (Å²) in [6.07, 6.45) is 0.0518. The number of hydrogen-bond donors (Lipinski definition) is 2. The average molecular weight is 439 g/mol. The fourth-order valence-corrected chi connectivity index (χ4v) is 6.97. The fraction of sp³-hybridized carbons (Fsp3) is 0.227. The number of imide groups is 1. The minimum Gasteiger partial charge on any atom is -0.508 e. The van der Waals surface area contributed by atoms with Crippen LogP contribution in [-0.4, -0.2) is 32.6 Å². The van der Waals surface area contributed by atoms with Gasteiger partial charge in [0, 0.05) is 28.5 Å². The first-order chi connectivity index (χ1) is 14.5. The molecule has 30 heavy (non-hydrogen) atoms. The number of thioether (sulfide) groups is 1. The van der Waals surface area contributed by atoms with Crippen LogP contribution in [0.5, 0.6) is 5.75 Å². The van der Waals surface area contributed by atoms with E-state index in [1.807, 2.05) is 30.3 Å². The smallest absolute Gasteiger partial charge is 0.305 e. The van der Waals surface area contributed by atoms with Gasteiger partial charge in [0.25, 0.3) is 0 Å². The molecule has 1 aromatic heterocycles. The van der Waals surface area contributed by atoms with Gasteiger partial charge in [0.1, 0.15) is 5.75 Å². The predicted molar refractivity (Wildman–Crippen MR) is 115 cm³/mol. The molecule has 152 valence electrons. The number of nitrogens with zero attached hydrogens (tertiary/aromatic N) is 1. The highest BCUT2D eigenvalue weighted by atomic mass is 32.2. The van der Waals surface area contributed by atoms with E-state index in [9.17, 15) is 19.5 Å². The lowest BCUT2D eigenvalue weighted by atomic mass is 9.70. The SMILES string of the molecule is O=C1CC2(CSc3[nH]c(=O)sc3C2c2ccccc2O)C(=O)N1Cc1ccccc1. The first-order valence-electron chi connectivity index (χ1n) is 9.52. The topological polar surface area (TPSA) is 90.5 Å². The molecule has 0 saturated carbocycles. The van der Waals surface area contributed by atoms with E-state index in [0.29, 0.717) is 21.2 Å². The van der Waals surface area contributed by atoms with Crippen molar-refractivity contribution in [3.8, 4) is 5.75 Å². The number of carbonyl (C=O) groups excluding carboxylic acids is 2. The monoisotopic (exact) mass is 438 g/mol. The molecule has 5 rings (SSSR count). The third-order valence-corrected chi connectivity index (χ3v) is 8.15. The van der Waals surface area contributed by atoms with E-state index in [-0.39, 0.29) is 35.4 Å². The van der Waals surface area contributed by atoms with E-state index >= 15 is 0 Å². The number of rotatable bonds is 3. The highest BCUT2D eigenvalue weighted by Gasteiger charge is 2.59. The van der Waals surface area contributed by atoms with Crippen LogP contribution >= 0.6 is 23.1 Å². The molecule has 1 saturated heterocycles. The summed E-state index contributed by atoms with van der Waals surface area (Å²) in [6.45, 7) is 0.217. The number of H-pyrrole nitrogens is 1. The number of para-hydroxylation sites is 1. The fourth-order valence-electron chi connectivity index (χ4n) is 4.42. The number of nitrogens with one attached hydrogen (secondary N) is 1. The average Bonchev–Trinajstić information content (AvgIpc) is 3.22. The van der Waals surface area contributed by atoms with Crippen LogP contribution in [0, 0.1) is 5.41 Å². The highest BCUT2D eigenvalue weighted by Crippen LogP contribution is 2.58. The molecule has 2 atom stereocenters. The number of carbonyl (C=O) groups is 2. The van der Waals surface area contributed by atoms with Crippen molar-refractivity contribution >= 4 is 34.9 Å². The minimum atomic E-state index is -1.03. The Morgan fingerprint density at radius 3 is 2.57 bits per heavy atom. The molecule has 2 N–H and O–H groups in total. The standard InChI is InChI=1S/C22H18N2O4S2/c25-15-9-5-4-8-14(15)17-18-19(23-21(28)30-18)29-12-22(17)10-16(26)24(20(22)27)11-13-6-2-1-3-7-13/h1-9,17,25H,10-12H2,(H,23,28). The zero-order valence-electron chi connectivity index (χ0n) is 15.8. The number of aromatic amines is 1. The number of phenolic OH excluding ortho intramolecular Hbond substituents is 1. The molecule has 2 amide bonds. The second-order valence-electron chi connectivity index (χ2n) is 7.59. The molecule has 3 aromatic rings. The first-order valence-corrected chi connectivity index (χ1v) is 11.3. The minimum absolute atomic E-state index is 0.0518. The van der Waals surface area contributed by atoms with Crippen LogP contribution in [0.1, 0.15) is 28.3 Å². The van der Waals surface area contributed by atoms with Crippen LogP contribution < -0.4 is 4.87 Å². The van der Waals surface area contributed by atoms with Gasteiger partial charge in [0.15, 0.2) is 0 Å². The van der Waals surface area contributed by atoms with E-state index in [2.05, 4.69) is 4.98 Å². The summed E-state index contributed by atoms with van der Waals surface area (Å²) in [6, 6.07) is 16.3. The van der Waals surface area contributed by atoms with E-state index in [4.69, 9.17) is 0 Å². The van der Waals surface area contributed by atoms with Crippen LogP contribution in [0.2, 0.25) is 0 Å². The number of fused-ring (bicyclic) bond motifs is 1. The van der Waals surface area contributed by atoms with Gasteiger partial charge in [-0.3, -0.25) is 19.3 Å². The molecule has 2 aliphatic heterocycles. The number of likely N-dealkylation sites (tertiary alicyclic amines) is 1. The number of benzene rings is 2. The van der Waals surface area contributed by atoms with E-state index in [1.165, 1.54) is 16.7 Å². The van der Waals surface area contributed by atoms with Crippen molar-refractivity contribution in [1.82, 2.24) is 9.88 Å². The number of amides is 2. The van der Waals surface area contributed by atoms with Crippen LogP contribution in [0.4, 0.5) is 0 Å². The van der Waals surface area contributed by atoms with E-state index in [1.54, 1.807) is 24.3 Å². The van der Waals surface area contributed by atoms with Crippen molar-refractivity contribution < 1.29 is 14.7 Å². The van der Waals surface area contributed by atoms with Gasteiger partial charge in [0.2, 0.25) is 11.8 Å². The van der Waals surface area contributed by atoms with E-state index in [0.717, 1.165) is 16.9 Å². The normalized spacial score (nSPS) is 23.2. The molecule has 2 aromatic carbocycles. The maximum atomic E-state index is 13.7. The molecule has 1 spiro atoms. The molecule has 2 unspecified atom stereocenters. The first kappa shape index (κ1) is 19.1. The van der Waals surface area contributed by atoms with Gasteiger partial charge < -0.3 is 10.1 Å². The summed E-state index contributed by atoms with van der Waals surface area (Å²) in [5, 5.41) is 11.3. The Balaban J connectivity index is 1.63. The molecule has 2 aliphatic rings. The number of thiazole rings is 1. The van der Waals surface area contributed by atoms with Crippen LogP contribution in [0.3, 0.4) is 0 Å². The molecule has 1 fully saturated rings. The molecular weight excluding hydrogens is 420 g/mol. The predicted octanol–water partition coefficient (Wildman–Crippen LogP) is 3.33. The maximum absolute atomic E-state index is 13.7. The Morgan fingerprint density at radius 1 is 1.07 bits per heavy atom. The summed E-state index contributed by atoms with van der Waals surface area (Å²) < 4.78 is 0. The van der Waals surface area contributed by atoms with Crippen molar-refractivity contribution in [2.24, 2.45) is 5.41 Å². The Hall–Kier alpha value is -2.84. The zero-order chi connectivity index (χ0) is 20.9. The lowest BCUT2D eigenvalue weighted by Crippen LogP contribution is -2.42. The van der Waals surface area contributed by atoms with Crippen molar-refractivity contribution in [3.05, 3.63) is 80.3 Å². The van der Waals surface area contributed by atoms with Crippen molar-refractivity contribution in [3.63, 3.8) is 0 Å². The molecule has 0 aliphatic carbocycles. The lowest BCUT2D eigenvalue weighted by Gasteiger charge is -2.38. The van der Waals surface area contributed by atoms with Crippen molar-refractivity contribution in [2.45, 2.75) is 23.9 Å². The van der Waals surface area contributed by atoms with Gasteiger partial charge >= 0.3 is 4.87 Å². The summed E-state index contributed by atoms with van der Waals surface area (Å²) in [5.74, 6) is -0.611. The summed E-state index contributed by atoms with van der Waals surface area (Å²) in [7, 11) is 0. The van der Waals surface area contributed by atoms with Gasteiger partial charge in [0.05, 0.1) is 17.0 Å². The Morgan fingerprint density at radius 2 is 1.80 bits per heavy atom. The lowest BCUT2D eigenvalue weighted by molar-refractivity contribution is -0.142. The van der Waals surface area contributed by atoms with Gasteiger partial charge in [-0.25, -0.2) is 0 Å². The molecule has 3 heterocycles. The second-order valence-corrected chi connectivity index (χ2v) is 9.59. The molecule has 0 radical (unpaired) electrons. The van der Waals surface area contributed by atoms with Crippen LogP contribution in [-0.2, 0) is 16.1 Å². The Bertz CT molecular complexity index is 1200. The van der Waals surface area contributed by atoms with E-state index < -0.39 is 11.3 Å². The van der Waals surface area contributed by atoms with Crippen LogP contribution in [0.15, 0.2) is 64.4 Å². The quantitative estimate of drug-likeness (QED) is 0.612. The summed E-state index contributed by atoms with van der Waals surface area (Å²) in [4.78, 5) is 43.5. The zero-order valence-corrected chi connectivity index (χ0v) is 17.5. The molecule has 8 heteroatoms. The Labute approximate surface area is 180 Å². The number of hydrogen-bond acceptors (Lipinski definition) is 6. The largest absolute Gasteiger partial charge is 0.508 e. The number of phenols is 1. The maximum Gasteiger partial charge on any atom is 0.305 e. The van der Waals surface area contributed by atoms with Gasteiger partial charge in [-0.05, 0) is 11.6 Å². The molecule has 0 bridgehead atoms. The number of aromatic nitrogens is 1. The summed E-state index contributed by atoms with van der Waals surface area (Å²) >= 11 is 2.44. The highest BCUT2D eigenvalue weighted by molar-refractivity contribution is 7.99. The van der Waals surface area contributed by atoms with Crippen molar-refractivity contribution in [1.29, 1.82) is 0 Å². The van der Waals surface area contributed by atoms with Gasteiger partial charge in [-0.15, -0.1) is 11.8 Å². The Kier molecular flexibility index (Phi) is 4.56. The summed E-state index contributed by atoms with van der Waals surface area (Å²) in [5.41, 5.74) is 0.413. The molecule has 6 nitrogen and oxygen atoms in total. The van der Waals surface area contributed by atoms with Gasteiger partial charge in [-0.1, -0.05) is 59.9 Å².